The van der Waals surface area contributed by atoms with Gasteiger partial charge in [0.1, 0.15) is 5.76 Å². The van der Waals surface area contributed by atoms with Crippen molar-refractivity contribution in [1.82, 2.24) is 15.0 Å². The molecule has 1 aromatic rings. The Morgan fingerprint density at radius 3 is 2.33 bits per heavy atom. The smallest absolute Gasteiger partial charge is 0.227 e. The summed E-state index contributed by atoms with van der Waals surface area (Å²) in [5.74, 6) is 1.04. The molecular formula is C17H25N3O4. The van der Waals surface area contributed by atoms with Gasteiger partial charge in [0.15, 0.2) is 0 Å². The molecule has 0 spiro atoms. The number of morpholine rings is 1. The molecule has 132 valence electrons. The number of nitrogens with zero attached hydrogens (tertiary/aromatic N) is 3. The van der Waals surface area contributed by atoms with Crippen molar-refractivity contribution in [2.75, 3.05) is 39.4 Å². The lowest BCUT2D eigenvalue weighted by atomic mass is 9.94. The first kappa shape index (κ1) is 17.0. The van der Waals surface area contributed by atoms with Gasteiger partial charge in [-0.15, -0.1) is 0 Å². The van der Waals surface area contributed by atoms with Gasteiger partial charge in [-0.05, 0) is 26.7 Å². The minimum absolute atomic E-state index is 0.0335. The summed E-state index contributed by atoms with van der Waals surface area (Å²) in [4.78, 5) is 28.8. The molecule has 0 saturated carbocycles. The summed E-state index contributed by atoms with van der Waals surface area (Å²) in [6, 6.07) is 0. The molecule has 7 nitrogen and oxygen atoms in total. The van der Waals surface area contributed by atoms with Crippen molar-refractivity contribution in [2.24, 2.45) is 5.92 Å². The third-order valence-electron chi connectivity index (χ3n) is 5.03. The highest BCUT2D eigenvalue weighted by Gasteiger charge is 2.31. The van der Waals surface area contributed by atoms with Gasteiger partial charge in [0, 0.05) is 37.7 Å². The number of rotatable bonds is 3. The van der Waals surface area contributed by atoms with Crippen LogP contribution in [-0.2, 0) is 20.7 Å². The first-order valence-electron chi connectivity index (χ1n) is 8.62. The second-order valence-electron chi connectivity index (χ2n) is 6.57. The van der Waals surface area contributed by atoms with Crippen molar-refractivity contribution < 1.29 is 18.8 Å². The molecule has 2 amide bonds. The number of ether oxygens (including phenoxy) is 1. The summed E-state index contributed by atoms with van der Waals surface area (Å²) >= 11 is 0. The zero-order chi connectivity index (χ0) is 17.1. The number of hydrogen-bond donors (Lipinski definition) is 0. The Bertz CT molecular complexity index is 579. The van der Waals surface area contributed by atoms with Crippen molar-refractivity contribution in [2.45, 2.75) is 33.1 Å². The molecule has 3 rings (SSSR count). The van der Waals surface area contributed by atoms with Gasteiger partial charge in [-0.3, -0.25) is 9.59 Å². The molecule has 0 bridgehead atoms. The first-order chi connectivity index (χ1) is 11.6. The number of aryl methyl sites for hydroxylation is 2. The van der Waals surface area contributed by atoms with E-state index in [2.05, 4.69) is 5.16 Å². The van der Waals surface area contributed by atoms with Gasteiger partial charge in [0.25, 0.3) is 0 Å². The Morgan fingerprint density at radius 2 is 1.75 bits per heavy atom. The number of carbonyl (C=O) groups excluding carboxylic acids is 2. The Hall–Kier alpha value is -1.89. The summed E-state index contributed by atoms with van der Waals surface area (Å²) in [6.07, 6.45) is 1.80. The van der Waals surface area contributed by atoms with Crippen LogP contribution in [0.15, 0.2) is 4.52 Å². The van der Waals surface area contributed by atoms with Gasteiger partial charge in [-0.2, -0.15) is 0 Å². The molecule has 0 N–H and O–H groups in total. The van der Waals surface area contributed by atoms with E-state index in [9.17, 15) is 9.59 Å². The molecule has 3 heterocycles. The second-order valence-corrected chi connectivity index (χ2v) is 6.57. The van der Waals surface area contributed by atoms with Crippen LogP contribution in [0.5, 0.6) is 0 Å². The van der Waals surface area contributed by atoms with E-state index in [0.29, 0.717) is 51.6 Å². The Labute approximate surface area is 141 Å². The van der Waals surface area contributed by atoms with Gasteiger partial charge in [-0.25, -0.2) is 0 Å². The summed E-state index contributed by atoms with van der Waals surface area (Å²) < 4.78 is 10.4. The molecule has 0 aliphatic carbocycles. The van der Waals surface area contributed by atoms with Gasteiger partial charge in [0.2, 0.25) is 11.8 Å². The standard InChI is InChI=1S/C17H25N3O4/c1-12-15(13(2)24-18-12)11-16(21)19-5-3-14(4-6-19)17(22)20-7-9-23-10-8-20/h14H,3-11H2,1-2H3. The summed E-state index contributed by atoms with van der Waals surface area (Å²) in [5, 5.41) is 3.90. The van der Waals surface area contributed by atoms with E-state index in [1.807, 2.05) is 23.6 Å². The monoisotopic (exact) mass is 335 g/mol. The summed E-state index contributed by atoms with van der Waals surface area (Å²) in [5.41, 5.74) is 1.66. The van der Waals surface area contributed by atoms with Gasteiger partial charge < -0.3 is 19.1 Å². The first-order valence-corrected chi connectivity index (χ1v) is 8.62. The third kappa shape index (κ3) is 3.61. The van der Waals surface area contributed by atoms with Gasteiger partial charge in [-0.1, -0.05) is 5.16 Å². The number of likely N-dealkylation sites (tertiary alicyclic amines) is 1. The van der Waals surface area contributed by atoms with Gasteiger partial charge >= 0.3 is 0 Å². The molecule has 0 atom stereocenters. The van der Waals surface area contributed by atoms with Crippen LogP contribution in [0.3, 0.4) is 0 Å². The maximum atomic E-state index is 12.5. The highest BCUT2D eigenvalue weighted by molar-refractivity contribution is 5.81. The molecule has 2 aliphatic rings. The van der Waals surface area contributed by atoms with E-state index in [1.165, 1.54) is 0 Å². The predicted molar refractivity (Wildman–Crippen MR) is 86.4 cm³/mol. The minimum Gasteiger partial charge on any atom is -0.378 e. The van der Waals surface area contributed by atoms with Crippen LogP contribution in [0.1, 0.15) is 29.9 Å². The summed E-state index contributed by atoms with van der Waals surface area (Å²) in [6.45, 7) is 7.59. The zero-order valence-corrected chi connectivity index (χ0v) is 14.4. The van der Waals surface area contributed by atoms with Crippen LogP contribution in [0.4, 0.5) is 0 Å². The maximum absolute atomic E-state index is 12.5. The average Bonchev–Trinajstić information content (AvgIpc) is 2.94. The van der Waals surface area contributed by atoms with Crippen molar-refractivity contribution in [3.05, 3.63) is 17.0 Å². The van der Waals surface area contributed by atoms with Crippen molar-refractivity contribution in [3.8, 4) is 0 Å². The normalized spacial score (nSPS) is 19.6. The predicted octanol–water partition coefficient (Wildman–Crippen LogP) is 0.931. The summed E-state index contributed by atoms with van der Waals surface area (Å²) in [7, 11) is 0. The number of carbonyl (C=O) groups is 2. The largest absolute Gasteiger partial charge is 0.378 e. The molecule has 0 unspecified atom stereocenters. The van der Waals surface area contributed by atoms with Crippen LogP contribution < -0.4 is 0 Å². The zero-order valence-electron chi connectivity index (χ0n) is 14.4. The van der Waals surface area contributed by atoms with Crippen molar-refractivity contribution in [1.29, 1.82) is 0 Å². The van der Waals surface area contributed by atoms with Crippen molar-refractivity contribution in [3.63, 3.8) is 0 Å². The van der Waals surface area contributed by atoms with Crippen molar-refractivity contribution >= 4 is 11.8 Å². The van der Waals surface area contributed by atoms with E-state index in [-0.39, 0.29) is 17.7 Å². The van der Waals surface area contributed by atoms with Crippen LogP contribution in [0.25, 0.3) is 0 Å². The Morgan fingerprint density at radius 1 is 1.08 bits per heavy atom. The average molecular weight is 335 g/mol. The fourth-order valence-corrected chi connectivity index (χ4v) is 3.44. The second kappa shape index (κ2) is 7.34. The molecule has 2 saturated heterocycles. The molecular weight excluding hydrogens is 310 g/mol. The number of amides is 2. The molecule has 2 fully saturated rings. The van der Waals surface area contributed by atoms with E-state index >= 15 is 0 Å². The number of piperidine rings is 1. The lowest BCUT2D eigenvalue weighted by molar-refractivity contribution is -0.143. The van der Waals surface area contributed by atoms with Crippen LogP contribution in [-0.4, -0.2) is 66.2 Å². The molecule has 24 heavy (non-hydrogen) atoms. The quantitative estimate of drug-likeness (QED) is 0.821. The van der Waals surface area contributed by atoms with Crippen LogP contribution in [0.2, 0.25) is 0 Å². The lowest BCUT2D eigenvalue weighted by Gasteiger charge is -2.35. The number of aromatic nitrogens is 1. The minimum atomic E-state index is 0.0335. The molecule has 2 aliphatic heterocycles. The maximum Gasteiger partial charge on any atom is 0.227 e. The topological polar surface area (TPSA) is 75.9 Å². The highest BCUT2D eigenvalue weighted by atomic mass is 16.5. The highest BCUT2D eigenvalue weighted by Crippen LogP contribution is 2.22. The molecule has 1 aromatic heterocycles. The fraction of sp³-hybridized carbons (Fsp3) is 0.706. The van der Waals surface area contributed by atoms with E-state index < -0.39 is 0 Å². The lowest BCUT2D eigenvalue weighted by Crippen LogP contribution is -2.47. The molecule has 0 radical (unpaired) electrons. The van der Waals surface area contributed by atoms with Crippen LogP contribution in [0, 0.1) is 19.8 Å². The Balaban J connectivity index is 1.51. The fourth-order valence-electron chi connectivity index (χ4n) is 3.44. The SMILES string of the molecule is Cc1noc(C)c1CC(=O)N1CCC(C(=O)N2CCOCC2)CC1. The van der Waals surface area contributed by atoms with E-state index in [0.717, 1.165) is 24.1 Å². The number of hydrogen-bond acceptors (Lipinski definition) is 5. The molecule has 0 aromatic carbocycles. The van der Waals surface area contributed by atoms with E-state index in [1.54, 1.807) is 0 Å². The third-order valence-corrected chi connectivity index (χ3v) is 5.03. The van der Waals surface area contributed by atoms with Gasteiger partial charge in [0.05, 0.1) is 25.3 Å². The van der Waals surface area contributed by atoms with E-state index in [4.69, 9.17) is 9.26 Å². The Kier molecular flexibility index (Phi) is 5.18. The molecule has 7 heteroatoms. The van der Waals surface area contributed by atoms with Crippen LogP contribution >= 0.6 is 0 Å².